The number of hydrogen-bond acceptors (Lipinski definition) is 2. The first-order valence-corrected chi connectivity index (χ1v) is 4.21. The van der Waals surface area contributed by atoms with E-state index < -0.39 is 12.6 Å². The van der Waals surface area contributed by atoms with Gasteiger partial charge in [0, 0.05) is 12.0 Å². The van der Waals surface area contributed by atoms with Gasteiger partial charge in [-0.2, -0.15) is 0 Å². The Hall–Kier alpha value is -1.58. The van der Waals surface area contributed by atoms with Gasteiger partial charge >= 0.3 is 0 Å². The molecule has 0 unspecified atom stereocenters. The summed E-state index contributed by atoms with van der Waals surface area (Å²) in [5, 5.41) is 0. The molecule has 0 heterocycles. The van der Waals surface area contributed by atoms with E-state index >= 15 is 0 Å². The second-order valence-electron chi connectivity index (χ2n) is 2.83. The van der Waals surface area contributed by atoms with E-state index in [2.05, 4.69) is 0 Å². The lowest BCUT2D eigenvalue weighted by Crippen LogP contribution is -2.11. The number of halogens is 1. The zero-order valence-electron chi connectivity index (χ0n) is 7.92. The number of carbonyl (C=O) groups excluding carboxylic acids is 1. The molecule has 0 aromatic heterocycles. The highest BCUT2D eigenvalue weighted by atomic mass is 19.1. The molecule has 4 heteroatoms. The van der Waals surface area contributed by atoms with Gasteiger partial charge in [0.15, 0.2) is 0 Å². The summed E-state index contributed by atoms with van der Waals surface area (Å²) in [5.41, 5.74) is 6.19. The number of hydrogen-bond donors (Lipinski definition) is 1. The minimum Gasteiger partial charge on any atom is -0.496 e. The molecule has 1 aromatic carbocycles. The number of nitrogens with two attached hydrogens (primary N) is 1. The van der Waals surface area contributed by atoms with Crippen LogP contribution in [0.4, 0.5) is 4.39 Å². The number of methoxy groups -OCH3 is 1. The average molecular weight is 197 g/mol. The van der Waals surface area contributed by atoms with Crippen LogP contribution in [-0.2, 0) is 6.42 Å². The normalized spacial score (nSPS) is 9.86. The predicted molar refractivity (Wildman–Crippen MR) is 51.2 cm³/mol. The van der Waals surface area contributed by atoms with Gasteiger partial charge in [0.25, 0.3) is 0 Å². The number of amides is 1. The van der Waals surface area contributed by atoms with Gasteiger partial charge in [-0.15, -0.1) is 0 Å². The Morgan fingerprint density at radius 2 is 2.29 bits per heavy atom. The van der Waals surface area contributed by atoms with Gasteiger partial charge in [0.05, 0.1) is 13.8 Å². The first-order chi connectivity index (χ1) is 6.69. The first kappa shape index (κ1) is 10.5. The van der Waals surface area contributed by atoms with Crippen LogP contribution in [-0.4, -0.2) is 19.7 Å². The van der Waals surface area contributed by atoms with E-state index in [9.17, 15) is 9.18 Å². The van der Waals surface area contributed by atoms with Crippen LogP contribution in [0.1, 0.15) is 15.9 Å². The molecule has 0 radical (unpaired) electrons. The van der Waals surface area contributed by atoms with E-state index in [1.165, 1.54) is 13.2 Å². The molecule has 0 atom stereocenters. The molecular weight excluding hydrogens is 185 g/mol. The van der Waals surface area contributed by atoms with E-state index in [1.807, 2.05) is 0 Å². The fourth-order valence-electron chi connectivity index (χ4n) is 1.21. The number of aryl methyl sites for hydroxylation is 1. The fourth-order valence-corrected chi connectivity index (χ4v) is 1.21. The molecule has 1 amide bonds. The zero-order chi connectivity index (χ0) is 10.6. The molecule has 0 saturated heterocycles. The lowest BCUT2D eigenvalue weighted by molar-refractivity contribution is 0.1000. The van der Waals surface area contributed by atoms with Crippen molar-refractivity contribution in [3.05, 3.63) is 29.3 Å². The Morgan fingerprint density at radius 3 is 2.79 bits per heavy atom. The highest BCUT2D eigenvalue weighted by Crippen LogP contribution is 2.20. The number of primary amides is 1. The van der Waals surface area contributed by atoms with Crippen LogP contribution >= 0.6 is 0 Å². The third-order valence-corrected chi connectivity index (χ3v) is 1.94. The summed E-state index contributed by atoms with van der Waals surface area (Å²) in [4.78, 5) is 10.8. The topological polar surface area (TPSA) is 52.3 Å². The smallest absolute Gasteiger partial charge is 0.248 e. The molecule has 0 fully saturated rings. The Labute approximate surface area is 81.7 Å². The lowest BCUT2D eigenvalue weighted by Gasteiger charge is -2.07. The minimum atomic E-state index is -0.518. The molecule has 0 aliphatic rings. The van der Waals surface area contributed by atoms with Gasteiger partial charge in [0.2, 0.25) is 5.91 Å². The van der Waals surface area contributed by atoms with E-state index in [-0.39, 0.29) is 6.42 Å². The number of benzene rings is 1. The summed E-state index contributed by atoms with van der Waals surface area (Å²) >= 11 is 0. The van der Waals surface area contributed by atoms with Gasteiger partial charge in [0.1, 0.15) is 5.75 Å². The summed E-state index contributed by atoms with van der Waals surface area (Å²) in [6.45, 7) is -0.452. The maximum Gasteiger partial charge on any atom is 0.248 e. The first-order valence-electron chi connectivity index (χ1n) is 4.21. The van der Waals surface area contributed by atoms with E-state index in [1.54, 1.807) is 12.1 Å². The van der Waals surface area contributed by atoms with Crippen LogP contribution in [0.25, 0.3) is 0 Å². The maximum atomic E-state index is 12.1. The van der Waals surface area contributed by atoms with E-state index in [4.69, 9.17) is 10.5 Å². The maximum absolute atomic E-state index is 12.1. The molecular formula is C10H12FNO2. The standard InChI is InChI=1S/C10H12FNO2/c1-14-9-6-8(10(12)13)3-2-7(9)4-5-11/h2-3,6H,4-5H2,1H3,(H2,12,13). The summed E-state index contributed by atoms with van der Waals surface area (Å²) < 4.78 is 17.1. The second kappa shape index (κ2) is 4.60. The van der Waals surface area contributed by atoms with Crippen molar-refractivity contribution in [2.75, 3.05) is 13.8 Å². The van der Waals surface area contributed by atoms with Crippen LogP contribution in [0.5, 0.6) is 5.75 Å². The number of ether oxygens (including phenoxy) is 1. The average Bonchev–Trinajstić information content (AvgIpc) is 2.18. The Kier molecular flexibility index (Phi) is 3.45. The van der Waals surface area contributed by atoms with Crippen LogP contribution in [0.3, 0.4) is 0 Å². The molecule has 1 aromatic rings. The third-order valence-electron chi connectivity index (χ3n) is 1.94. The van der Waals surface area contributed by atoms with Gasteiger partial charge in [-0.05, 0) is 17.7 Å². The Bertz CT molecular complexity index is 339. The SMILES string of the molecule is COc1cc(C(N)=O)ccc1CCF. The van der Waals surface area contributed by atoms with Gasteiger partial charge in [-0.25, -0.2) is 0 Å². The van der Waals surface area contributed by atoms with Crippen molar-refractivity contribution in [3.63, 3.8) is 0 Å². The largest absolute Gasteiger partial charge is 0.496 e. The Balaban J connectivity index is 3.04. The van der Waals surface area contributed by atoms with Crippen molar-refractivity contribution < 1.29 is 13.9 Å². The molecule has 1 rings (SSSR count). The third kappa shape index (κ3) is 2.22. The van der Waals surface area contributed by atoms with Crippen molar-refractivity contribution in [2.24, 2.45) is 5.73 Å². The molecule has 0 aliphatic heterocycles. The van der Waals surface area contributed by atoms with E-state index in [0.29, 0.717) is 11.3 Å². The summed E-state index contributed by atoms with van der Waals surface area (Å²) in [5.74, 6) is -0.0194. The second-order valence-corrected chi connectivity index (χ2v) is 2.83. The highest BCUT2D eigenvalue weighted by molar-refractivity contribution is 5.93. The van der Waals surface area contributed by atoms with Crippen LogP contribution in [0.15, 0.2) is 18.2 Å². The summed E-state index contributed by atoms with van der Waals surface area (Å²) in [7, 11) is 1.47. The van der Waals surface area contributed by atoms with E-state index in [0.717, 1.165) is 5.56 Å². The Morgan fingerprint density at radius 1 is 1.57 bits per heavy atom. The summed E-state index contributed by atoms with van der Waals surface area (Å²) in [6, 6.07) is 4.74. The van der Waals surface area contributed by atoms with Crippen molar-refractivity contribution in [1.29, 1.82) is 0 Å². The molecule has 0 aliphatic carbocycles. The van der Waals surface area contributed by atoms with Gasteiger partial charge < -0.3 is 10.5 Å². The van der Waals surface area contributed by atoms with Crippen molar-refractivity contribution in [1.82, 2.24) is 0 Å². The lowest BCUT2D eigenvalue weighted by atomic mass is 10.1. The van der Waals surface area contributed by atoms with Crippen LogP contribution in [0, 0.1) is 0 Å². The summed E-state index contributed by atoms with van der Waals surface area (Å²) in [6.07, 6.45) is 0.280. The zero-order valence-corrected chi connectivity index (χ0v) is 7.92. The van der Waals surface area contributed by atoms with Crippen LogP contribution in [0.2, 0.25) is 0 Å². The van der Waals surface area contributed by atoms with Crippen molar-refractivity contribution in [2.45, 2.75) is 6.42 Å². The molecule has 2 N–H and O–H groups in total. The quantitative estimate of drug-likeness (QED) is 0.791. The molecule has 0 bridgehead atoms. The molecule has 0 spiro atoms. The van der Waals surface area contributed by atoms with Gasteiger partial charge in [-0.1, -0.05) is 6.07 Å². The molecule has 3 nitrogen and oxygen atoms in total. The van der Waals surface area contributed by atoms with Gasteiger partial charge in [-0.3, -0.25) is 9.18 Å². The van der Waals surface area contributed by atoms with Crippen LogP contribution < -0.4 is 10.5 Å². The number of rotatable bonds is 4. The van der Waals surface area contributed by atoms with Crippen molar-refractivity contribution >= 4 is 5.91 Å². The molecule has 14 heavy (non-hydrogen) atoms. The minimum absolute atomic E-state index is 0.280. The highest BCUT2D eigenvalue weighted by Gasteiger charge is 2.07. The number of alkyl halides is 1. The van der Waals surface area contributed by atoms with Crippen molar-refractivity contribution in [3.8, 4) is 5.75 Å². The number of carbonyl (C=O) groups is 1. The molecule has 0 saturated carbocycles. The monoisotopic (exact) mass is 197 g/mol. The predicted octanol–water partition coefficient (Wildman–Crippen LogP) is 1.31. The fraction of sp³-hybridized carbons (Fsp3) is 0.300. The molecule has 76 valence electrons.